The van der Waals surface area contributed by atoms with Crippen LogP contribution in [0.15, 0.2) is 23.2 Å². The largest absolute Gasteiger partial charge is 0.495 e. The van der Waals surface area contributed by atoms with Crippen LogP contribution in [0, 0.1) is 0 Å². The van der Waals surface area contributed by atoms with Gasteiger partial charge in [0.1, 0.15) is 5.75 Å². The average Bonchev–Trinajstić information content (AvgIpc) is 3.13. The van der Waals surface area contributed by atoms with Gasteiger partial charge in [-0.15, -0.1) is 24.0 Å². The highest BCUT2D eigenvalue weighted by atomic mass is 127. The van der Waals surface area contributed by atoms with Gasteiger partial charge in [-0.25, -0.2) is 0 Å². The molecule has 0 saturated carbocycles. The lowest BCUT2D eigenvalue weighted by atomic mass is 10.2. The number of nitrogens with zero attached hydrogens (tertiary/aromatic N) is 2. The third kappa shape index (κ3) is 8.18. The fourth-order valence-corrected chi connectivity index (χ4v) is 3.15. The van der Waals surface area contributed by atoms with Gasteiger partial charge in [-0.3, -0.25) is 4.99 Å². The maximum Gasteiger partial charge on any atom is 0.191 e. The van der Waals surface area contributed by atoms with Crippen LogP contribution in [0.2, 0.25) is 5.02 Å². The zero-order valence-electron chi connectivity index (χ0n) is 16.9. The molecule has 0 bridgehead atoms. The minimum absolute atomic E-state index is 0. The van der Waals surface area contributed by atoms with Crippen molar-refractivity contribution in [1.82, 2.24) is 10.6 Å². The number of hydrogen-bond acceptors (Lipinski definition) is 5. The Morgan fingerprint density at radius 2 is 2.11 bits per heavy atom. The third-order valence-electron chi connectivity index (χ3n) is 4.29. The van der Waals surface area contributed by atoms with Gasteiger partial charge in [-0.1, -0.05) is 11.6 Å². The van der Waals surface area contributed by atoms with Gasteiger partial charge in [-0.05, 0) is 31.5 Å². The van der Waals surface area contributed by atoms with Crippen molar-refractivity contribution in [2.45, 2.75) is 19.4 Å². The maximum atomic E-state index is 6.17. The van der Waals surface area contributed by atoms with Gasteiger partial charge in [0.15, 0.2) is 5.96 Å². The summed E-state index contributed by atoms with van der Waals surface area (Å²) in [5.74, 6) is 1.66. The molecule has 0 radical (unpaired) electrons. The minimum atomic E-state index is 0. The van der Waals surface area contributed by atoms with Crippen molar-refractivity contribution in [1.29, 1.82) is 0 Å². The number of rotatable bonds is 10. The number of anilines is 1. The molecule has 160 valence electrons. The lowest BCUT2D eigenvalue weighted by Gasteiger charge is -2.22. The van der Waals surface area contributed by atoms with Crippen molar-refractivity contribution in [3.05, 3.63) is 23.2 Å². The summed E-state index contributed by atoms with van der Waals surface area (Å²) in [6, 6.07) is 6.02. The Hall–Kier alpha value is -0.970. The number of halogens is 2. The molecule has 28 heavy (non-hydrogen) atoms. The molecule has 1 aliphatic heterocycles. The van der Waals surface area contributed by atoms with Crippen LogP contribution in [0.3, 0.4) is 0 Å². The van der Waals surface area contributed by atoms with Gasteiger partial charge >= 0.3 is 0 Å². The van der Waals surface area contributed by atoms with Crippen molar-refractivity contribution in [2.75, 3.05) is 65.1 Å². The first-order chi connectivity index (χ1) is 13.2. The summed E-state index contributed by atoms with van der Waals surface area (Å²) in [5, 5.41) is 7.52. The van der Waals surface area contributed by atoms with Gasteiger partial charge < -0.3 is 29.7 Å². The van der Waals surface area contributed by atoms with Gasteiger partial charge in [0.25, 0.3) is 0 Å². The first-order valence-electron chi connectivity index (χ1n) is 9.38. The first-order valence-corrected chi connectivity index (χ1v) is 9.75. The summed E-state index contributed by atoms with van der Waals surface area (Å²) in [5.41, 5.74) is 1.03. The maximum absolute atomic E-state index is 6.17. The molecule has 2 N–H and O–H groups in total. The molecule has 1 unspecified atom stereocenters. The van der Waals surface area contributed by atoms with E-state index in [1.54, 1.807) is 14.2 Å². The summed E-state index contributed by atoms with van der Waals surface area (Å²) in [4.78, 5) is 6.88. The van der Waals surface area contributed by atoms with Crippen molar-refractivity contribution in [2.24, 2.45) is 4.99 Å². The minimum Gasteiger partial charge on any atom is -0.495 e. The molecule has 1 aliphatic rings. The molecule has 1 saturated heterocycles. The summed E-state index contributed by atoms with van der Waals surface area (Å²) >= 11 is 6.17. The lowest BCUT2D eigenvalue weighted by molar-refractivity contribution is 0.0748. The van der Waals surface area contributed by atoms with E-state index >= 15 is 0 Å². The van der Waals surface area contributed by atoms with E-state index in [-0.39, 0.29) is 24.0 Å². The van der Waals surface area contributed by atoms with Crippen LogP contribution < -0.4 is 20.3 Å². The summed E-state index contributed by atoms with van der Waals surface area (Å²) < 4.78 is 15.9. The Bertz CT molecular complexity index is 607. The Labute approximate surface area is 190 Å². The highest BCUT2D eigenvalue weighted by Crippen LogP contribution is 2.33. The van der Waals surface area contributed by atoms with Crippen LogP contribution in [-0.2, 0) is 9.47 Å². The predicted octanol–water partition coefficient (Wildman–Crippen LogP) is 2.76. The summed E-state index contributed by atoms with van der Waals surface area (Å²) in [6.07, 6.45) is 1.02. The second kappa shape index (κ2) is 14.1. The van der Waals surface area contributed by atoms with E-state index in [1.165, 1.54) is 0 Å². The van der Waals surface area contributed by atoms with Gasteiger partial charge in [0.05, 0.1) is 39.2 Å². The van der Waals surface area contributed by atoms with E-state index in [9.17, 15) is 0 Å². The van der Waals surface area contributed by atoms with E-state index in [0.717, 1.165) is 43.5 Å². The van der Waals surface area contributed by atoms with Crippen molar-refractivity contribution < 1.29 is 14.2 Å². The smallest absolute Gasteiger partial charge is 0.191 e. The molecule has 7 nitrogen and oxygen atoms in total. The number of methoxy groups -OCH3 is 2. The quantitative estimate of drug-likeness (QED) is 0.212. The fourth-order valence-electron chi connectivity index (χ4n) is 2.99. The Kier molecular flexibility index (Phi) is 12.6. The molecule has 0 aliphatic carbocycles. The van der Waals surface area contributed by atoms with Crippen molar-refractivity contribution >= 4 is 47.2 Å². The molecule has 1 aromatic carbocycles. The number of hydrogen-bond donors (Lipinski definition) is 2. The molecule has 9 heteroatoms. The zero-order valence-corrected chi connectivity index (χ0v) is 20.0. The van der Waals surface area contributed by atoms with E-state index in [4.69, 9.17) is 25.8 Å². The molecule has 2 rings (SSSR count). The average molecular weight is 527 g/mol. The number of ether oxygens (including phenoxy) is 3. The topological polar surface area (TPSA) is 67.4 Å². The molecular formula is C19H32ClIN4O3. The molecule has 1 fully saturated rings. The molecule has 0 amide bonds. The van der Waals surface area contributed by atoms with E-state index in [0.29, 0.717) is 37.4 Å². The molecule has 0 spiro atoms. The summed E-state index contributed by atoms with van der Waals surface area (Å²) in [6.45, 7) is 7.06. The fraction of sp³-hybridized carbons (Fsp3) is 0.632. The van der Waals surface area contributed by atoms with Crippen LogP contribution in [0.25, 0.3) is 0 Å². The normalized spacial score (nSPS) is 16.6. The van der Waals surface area contributed by atoms with Crippen LogP contribution in [-0.4, -0.2) is 72.2 Å². The zero-order chi connectivity index (χ0) is 19.5. The molecule has 1 aromatic rings. The number of nitrogens with one attached hydrogen (secondary N) is 2. The van der Waals surface area contributed by atoms with Crippen molar-refractivity contribution in [3.8, 4) is 5.75 Å². The Balaban J connectivity index is 0.00000392. The molecular weight excluding hydrogens is 495 g/mol. The number of aliphatic imine (C=N–C) groups is 1. The predicted molar refractivity (Wildman–Crippen MR) is 126 cm³/mol. The second-order valence-electron chi connectivity index (χ2n) is 6.26. The number of guanidine groups is 1. The van der Waals surface area contributed by atoms with Crippen LogP contribution in [0.1, 0.15) is 13.3 Å². The second-order valence-corrected chi connectivity index (χ2v) is 6.69. The number of benzene rings is 1. The van der Waals surface area contributed by atoms with E-state index in [1.807, 2.05) is 18.2 Å². The Morgan fingerprint density at radius 1 is 1.29 bits per heavy atom. The summed E-state index contributed by atoms with van der Waals surface area (Å²) in [7, 11) is 3.35. The van der Waals surface area contributed by atoms with Gasteiger partial charge in [0, 0.05) is 37.8 Å². The lowest BCUT2D eigenvalue weighted by Crippen LogP contribution is -2.44. The van der Waals surface area contributed by atoms with Crippen LogP contribution >= 0.6 is 35.6 Å². The molecule has 1 heterocycles. The van der Waals surface area contributed by atoms with Crippen LogP contribution in [0.4, 0.5) is 5.69 Å². The SMILES string of the molecule is CCNC(=NCCOCCOC)NC1CCN(c2cc(Cl)ccc2OC)C1.I. The standard InChI is InChI=1S/C19H31ClN4O3.HI/c1-4-21-19(22-8-10-27-12-11-25-2)23-16-7-9-24(14-16)17-13-15(20)5-6-18(17)26-3;/h5-6,13,16H,4,7-12,14H2,1-3H3,(H2,21,22,23);1H. The molecule has 1 atom stereocenters. The highest BCUT2D eigenvalue weighted by molar-refractivity contribution is 14.0. The van der Waals surface area contributed by atoms with Crippen LogP contribution in [0.5, 0.6) is 5.75 Å². The van der Waals surface area contributed by atoms with Crippen molar-refractivity contribution in [3.63, 3.8) is 0 Å². The third-order valence-corrected chi connectivity index (χ3v) is 4.53. The first kappa shape index (κ1) is 25.1. The van der Waals surface area contributed by atoms with E-state index in [2.05, 4.69) is 27.4 Å². The molecule has 0 aromatic heterocycles. The highest BCUT2D eigenvalue weighted by Gasteiger charge is 2.25. The van der Waals surface area contributed by atoms with Gasteiger partial charge in [0.2, 0.25) is 0 Å². The van der Waals surface area contributed by atoms with E-state index < -0.39 is 0 Å². The monoisotopic (exact) mass is 526 g/mol. The Morgan fingerprint density at radius 3 is 2.82 bits per heavy atom. The van der Waals surface area contributed by atoms with Gasteiger partial charge in [-0.2, -0.15) is 0 Å².